The van der Waals surface area contributed by atoms with Gasteiger partial charge in [0.25, 0.3) is 0 Å². The van der Waals surface area contributed by atoms with Crippen molar-refractivity contribution in [2.45, 2.75) is 18.8 Å². The van der Waals surface area contributed by atoms with Gasteiger partial charge >= 0.3 is 6.29 Å². The molecule has 0 spiro atoms. The van der Waals surface area contributed by atoms with Crippen LogP contribution in [-0.4, -0.2) is 37.4 Å². The van der Waals surface area contributed by atoms with Crippen LogP contribution in [0, 0.1) is 0 Å². The molecule has 1 saturated heterocycles. The fraction of sp³-hybridized carbons (Fsp3) is 0.467. The number of alkyl halides is 2. The van der Waals surface area contributed by atoms with Gasteiger partial charge in [-0.25, -0.2) is 0 Å². The van der Waals surface area contributed by atoms with Gasteiger partial charge in [-0.05, 0) is 24.1 Å². The van der Waals surface area contributed by atoms with Crippen molar-refractivity contribution >= 4 is 12.4 Å². The van der Waals surface area contributed by atoms with Crippen molar-refractivity contribution in [1.82, 2.24) is 10.2 Å². The maximum absolute atomic E-state index is 13.1. The van der Waals surface area contributed by atoms with E-state index in [1.54, 1.807) is 12.1 Å². The molecule has 7 heteroatoms. The predicted molar refractivity (Wildman–Crippen MR) is 81.9 cm³/mol. The van der Waals surface area contributed by atoms with Crippen LogP contribution >= 0.6 is 12.4 Å². The molecule has 0 unspecified atom stereocenters. The van der Waals surface area contributed by atoms with E-state index in [4.69, 9.17) is 0 Å². The highest BCUT2D eigenvalue weighted by Crippen LogP contribution is 2.43. The zero-order valence-corrected chi connectivity index (χ0v) is 12.9. The van der Waals surface area contributed by atoms with E-state index in [1.807, 2.05) is 12.1 Å². The quantitative estimate of drug-likeness (QED) is 0.860. The van der Waals surface area contributed by atoms with Gasteiger partial charge < -0.3 is 14.8 Å². The van der Waals surface area contributed by atoms with Gasteiger partial charge in [0.1, 0.15) is 0 Å². The zero-order valence-electron chi connectivity index (χ0n) is 12.1. The Balaban J connectivity index is 0.00000176. The van der Waals surface area contributed by atoms with Gasteiger partial charge in [-0.1, -0.05) is 12.1 Å². The Hall–Kier alpha value is -1.37. The summed E-state index contributed by atoms with van der Waals surface area (Å²) < 4.78 is 35.2. The van der Waals surface area contributed by atoms with Crippen LogP contribution in [0.15, 0.2) is 30.9 Å². The van der Waals surface area contributed by atoms with Crippen molar-refractivity contribution in [2.24, 2.45) is 0 Å². The van der Waals surface area contributed by atoms with E-state index in [1.165, 1.54) is 0 Å². The second kappa shape index (κ2) is 6.81. The lowest BCUT2D eigenvalue weighted by Crippen LogP contribution is -2.45. The minimum absolute atomic E-state index is 0. The average molecular weight is 333 g/mol. The fourth-order valence-corrected chi connectivity index (χ4v) is 2.82. The summed E-state index contributed by atoms with van der Waals surface area (Å²) in [4.78, 5) is 2.33. The number of nitrogens with zero attached hydrogens (tertiary/aromatic N) is 1. The molecular weight excluding hydrogens is 314 g/mol. The number of hydrogen-bond donors (Lipinski definition) is 1. The lowest BCUT2D eigenvalue weighted by molar-refractivity contribution is -0.286. The number of hydrogen-bond acceptors (Lipinski definition) is 4. The van der Waals surface area contributed by atoms with E-state index < -0.39 is 6.29 Å². The molecule has 4 nitrogen and oxygen atoms in total. The monoisotopic (exact) mass is 332 g/mol. The molecule has 2 aliphatic rings. The Kier molecular flexibility index (Phi) is 5.26. The van der Waals surface area contributed by atoms with Crippen molar-refractivity contribution in [3.8, 4) is 11.5 Å². The molecule has 2 aliphatic heterocycles. The summed E-state index contributed by atoms with van der Waals surface area (Å²) in [5.74, 6) is 0.183. The standard InChI is InChI=1S/C15H18F2N2O2.ClH/c1-2-3-12(19-8-6-18-7-9-19)11-4-5-13-14(10-11)21-15(16,17)20-13;/h2,4-5,10,12,18H,1,3,6-9H2;1H/t12-;/m1./s1. The van der Waals surface area contributed by atoms with Gasteiger partial charge in [0, 0.05) is 32.2 Å². The minimum atomic E-state index is -3.57. The smallest absolute Gasteiger partial charge is 0.395 e. The molecular formula is C15H19ClF2N2O2. The highest BCUT2D eigenvalue weighted by Gasteiger charge is 2.43. The molecule has 0 aliphatic carbocycles. The van der Waals surface area contributed by atoms with E-state index in [2.05, 4.69) is 26.3 Å². The largest absolute Gasteiger partial charge is 0.586 e. The Morgan fingerprint density at radius 2 is 1.95 bits per heavy atom. The maximum atomic E-state index is 13.1. The van der Waals surface area contributed by atoms with Gasteiger partial charge in [0.2, 0.25) is 0 Å². The number of rotatable bonds is 4. The molecule has 3 rings (SSSR count). The predicted octanol–water partition coefficient (Wildman–Crippen LogP) is 2.95. The van der Waals surface area contributed by atoms with Crippen molar-refractivity contribution in [3.05, 3.63) is 36.4 Å². The summed E-state index contributed by atoms with van der Waals surface area (Å²) in [6, 6.07) is 5.13. The third kappa shape index (κ3) is 3.51. The third-order valence-corrected chi connectivity index (χ3v) is 3.79. The summed E-state index contributed by atoms with van der Waals surface area (Å²) in [5.41, 5.74) is 0.942. The molecule has 1 N–H and O–H groups in total. The molecule has 1 atom stereocenters. The summed E-state index contributed by atoms with van der Waals surface area (Å²) in [6.45, 7) is 7.49. The number of fused-ring (bicyclic) bond motifs is 1. The summed E-state index contributed by atoms with van der Waals surface area (Å²) in [6.07, 6.45) is -0.953. The van der Waals surface area contributed by atoms with E-state index in [0.717, 1.165) is 38.2 Å². The summed E-state index contributed by atoms with van der Waals surface area (Å²) in [5, 5.41) is 3.30. The maximum Gasteiger partial charge on any atom is 0.586 e. The van der Waals surface area contributed by atoms with Gasteiger partial charge in [0.15, 0.2) is 11.5 Å². The molecule has 0 aromatic heterocycles. The van der Waals surface area contributed by atoms with Crippen LogP contribution in [0.5, 0.6) is 11.5 Å². The van der Waals surface area contributed by atoms with Crippen molar-refractivity contribution < 1.29 is 18.3 Å². The van der Waals surface area contributed by atoms with E-state index in [0.29, 0.717) is 0 Å². The van der Waals surface area contributed by atoms with Crippen molar-refractivity contribution in [1.29, 1.82) is 0 Å². The van der Waals surface area contributed by atoms with Gasteiger partial charge in [-0.15, -0.1) is 27.8 Å². The van der Waals surface area contributed by atoms with Crippen LogP contribution in [0.25, 0.3) is 0 Å². The lowest BCUT2D eigenvalue weighted by atomic mass is 10.0. The summed E-state index contributed by atoms with van der Waals surface area (Å²) >= 11 is 0. The number of benzene rings is 1. The molecule has 0 radical (unpaired) electrons. The molecule has 2 heterocycles. The molecule has 1 fully saturated rings. The highest BCUT2D eigenvalue weighted by atomic mass is 35.5. The van der Waals surface area contributed by atoms with Crippen LogP contribution in [0.1, 0.15) is 18.0 Å². The number of halogens is 3. The van der Waals surface area contributed by atoms with E-state index in [9.17, 15) is 8.78 Å². The SMILES string of the molecule is C=CC[C@H](c1ccc2c(c1)OC(F)(F)O2)N1CCNCC1.Cl. The molecule has 122 valence electrons. The first-order valence-electron chi connectivity index (χ1n) is 7.04. The first-order valence-corrected chi connectivity index (χ1v) is 7.04. The van der Waals surface area contributed by atoms with Gasteiger partial charge in [0.05, 0.1) is 0 Å². The highest BCUT2D eigenvalue weighted by molar-refractivity contribution is 5.85. The van der Waals surface area contributed by atoms with Crippen LogP contribution in [0.4, 0.5) is 8.78 Å². The Morgan fingerprint density at radius 1 is 1.27 bits per heavy atom. The molecule has 0 saturated carbocycles. The zero-order chi connectivity index (χ0) is 14.9. The molecule has 22 heavy (non-hydrogen) atoms. The number of nitrogens with one attached hydrogen (secondary N) is 1. The molecule has 1 aromatic carbocycles. The average Bonchev–Trinajstić information content (AvgIpc) is 2.78. The normalized spacial score (nSPS) is 21.0. The number of ether oxygens (including phenoxy) is 2. The first kappa shape index (κ1) is 17.0. The van der Waals surface area contributed by atoms with Crippen molar-refractivity contribution in [2.75, 3.05) is 26.2 Å². The second-order valence-electron chi connectivity index (χ2n) is 5.20. The topological polar surface area (TPSA) is 33.7 Å². The molecule has 0 amide bonds. The van der Waals surface area contributed by atoms with Gasteiger partial charge in [-0.3, -0.25) is 4.90 Å². The van der Waals surface area contributed by atoms with E-state index >= 15 is 0 Å². The molecule has 0 bridgehead atoms. The van der Waals surface area contributed by atoms with Crippen LogP contribution in [0.2, 0.25) is 0 Å². The van der Waals surface area contributed by atoms with Crippen LogP contribution < -0.4 is 14.8 Å². The Bertz CT molecular complexity index is 536. The second-order valence-corrected chi connectivity index (χ2v) is 5.20. The molecule has 1 aromatic rings. The lowest BCUT2D eigenvalue weighted by Gasteiger charge is -2.34. The fourth-order valence-electron chi connectivity index (χ4n) is 2.82. The number of piperazine rings is 1. The van der Waals surface area contributed by atoms with Gasteiger partial charge in [-0.2, -0.15) is 0 Å². The van der Waals surface area contributed by atoms with Crippen LogP contribution in [0.3, 0.4) is 0 Å². The Morgan fingerprint density at radius 3 is 2.64 bits per heavy atom. The minimum Gasteiger partial charge on any atom is -0.395 e. The first-order chi connectivity index (χ1) is 10.1. The van der Waals surface area contributed by atoms with Crippen LogP contribution in [-0.2, 0) is 0 Å². The third-order valence-electron chi connectivity index (χ3n) is 3.79. The Labute approximate surface area is 134 Å². The van der Waals surface area contributed by atoms with Crippen molar-refractivity contribution in [3.63, 3.8) is 0 Å². The summed E-state index contributed by atoms with van der Waals surface area (Å²) in [7, 11) is 0. The van der Waals surface area contributed by atoms with E-state index in [-0.39, 0.29) is 29.9 Å².